The first-order valence-electron chi connectivity index (χ1n) is 7.69. The summed E-state index contributed by atoms with van der Waals surface area (Å²) in [6.07, 6.45) is 1.74. The number of nitro groups is 1. The van der Waals surface area contributed by atoms with Crippen molar-refractivity contribution in [2.45, 2.75) is 25.4 Å². The third kappa shape index (κ3) is 2.94. The largest absolute Gasteiger partial charge is 0.388 e. The number of nitro benzene ring substituents is 1. The molecule has 24 heavy (non-hydrogen) atoms. The van der Waals surface area contributed by atoms with Gasteiger partial charge in [-0.25, -0.2) is 4.39 Å². The fraction of sp³-hybridized carbons (Fsp3) is 0.467. The molecule has 0 radical (unpaired) electrons. The molecule has 8 nitrogen and oxygen atoms in total. The number of aromatic nitrogens is 3. The molecule has 0 spiro atoms. The van der Waals surface area contributed by atoms with E-state index < -0.39 is 10.7 Å². The minimum atomic E-state index is -0.609. The maximum Gasteiger partial charge on any atom is 0.272 e. The maximum atomic E-state index is 14.3. The first-order valence-corrected chi connectivity index (χ1v) is 7.69. The lowest BCUT2D eigenvalue weighted by atomic mass is 9.96. The molecule has 1 aliphatic rings. The quantitative estimate of drug-likeness (QED) is 0.675. The summed E-state index contributed by atoms with van der Waals surface area (Å²) in [6, 6.07) is 3.71. The molecule has 1 unspecified atom stereocenters. The number of hydrogen-bond donors (Lipinski definition) is 1. The van der Waals surface area contributed by atoms with Gasteiger partial charge in [0, 0.05) is 32.1 Å². The Kier molecular flexibility index (Phi) is 4.43. The number of halogens is 1. The van der Waals surface area contributed by atoms with Crippen molar-refractivity contribution in [2.75, 3.05) is 18.0 Å². The summed E-state index contributed by atoms with van der Waals surface area (Å²) in [5.74, 6) is 0.708. The van der Waals surface area contributed by atoms with Crippen molar-refractivity contribution >= 4 is 11.4 Å². The fourth-order valence-corrected chi connectivity index (χ4v) is 3.14. The molecule has 128 valence electrons. The zero-order valence-electron chi connectivity index (χ0n) is 13.2. The number of benzene rings is 1. The van der Waals surface area contributed by atoms with E-state index in [9.17, 15) is 19.6 Å². The average molecular weight is 335 g/mol. The fourth-order valence-electron chi connectivity index (χ4n) is 3.14. The van der Waals surface area contributed by atoms with Gasteiger partial charge >= 0.3 is 0 Å². The van der Waals surface area contributed by atoms with Gasteiger partial charge in [0.25, 0.3) is 5.69 Å². The van der Waals surface area contributed by atoms with Crippen molar-refractivity contribution in [2.24, 2.45) is 7.05 Å². The van der Waals surface area contributed by atoms with Gasteiger partial charge in [0.1, 0.15) is 12.4 Å². The Morgan fingerprint density at radius 3 is 2.88 bits per heavy atom. The van der Waals surface area contributed by atoms with E-state index in [0.29, 0.717) is 24.6 Å². The number of aliphatic hydroxyl groups excluding tert-OH is 1. The van der Waals surface area contributed by atoms with Gasteiger partial charge in [-0.05, 0) is 18.9 Å². The topological polar surface area (TPSA) is 97.3 Å². The number of piperidine rings is 1. The normalized spacial score (nSPS) is 18.0. The van der Waals surface area contributed by atoms with Gasteiger partial charge in [0.05, 0.1) is 16.7 Å². The summed E-state index contributed by atoms with van der Waals surface area (Å²) in [5, 5.41) is 28.1. The van der Waals surface area contributed by atoms with Gasteiger partial charge in [0.2, 0.25) is 0 Å². The number of hydrogen-bond acceptors (Lipinski definition) is 6. The molecule has 0 bridgehead atoms. The van der Waals surface area contributed by atoms with Gasteiger partial charge in [-0.3, -0.25) is 10.1 Å². The lowest BCUT2D eigenvalue weighted by Crippen LogP contribution is -2.35. The molecule has 1 saturated heterocycles. The molecule has 1 aromatic carbocycles. The highest BCUT2D eigenvalue weighted by atomic mass is 19.1. The summed E-state index contributed by atoms with van der Waals surface area (Å²) < 4.78 is 16.0. The Morgan fingerprint density at radius 1 is 1.46 bits per heavy atom. The van der Waals surface area contributed by atoms with Gasteiger partial charge in [0.15, 0.2) is 11.6 Å². The second-order valence-corrected chi connectivity index (χ2v) is 5.87. The van der Waals surface area contributed by atoms with Crippen molar-refractivity contribution < 1.29 is 14.4 Å². The number of rotatable bonds is 4. The molecule has 1 atom stereocenters. The predicted molar refractivity (Wildman–Crippen MR) is 84.2 cm³/mol. The van der Waals surface area contributed by atoms with E-state index in [1.165, 1.54) is 12.1 Å². The van der Waals surface area contributed by atoms with E-state index in [1.54, 1.807) is 11.6 Å². The SMILES string of the molecule is Cn1c(CO)nnc1C1CCCN(c2ccc([N+](=O)[O-])cc2F)C1. The lowest BCUT2D eigenvalue weighted by molar-refractivity contribution is -0.385. The number of anilines is 1. The van der Waals surface area contributed by atoms with E-state index >= 15 is 0 Å². The van der Waals surface area contributed by atoms with E-state index in [2.05, 4.69) is 10.2 Å². The van der Waals surface area contributed by atoms with Gasteiger partial charge in [-0.15, -0.1) is 10.2 Å². The van der Waals surface area contributed by atoms with Crippen molar-refractivity contribution in [3.63, 3.8) is 0 Å². The highest BCUT2D eigenvalue weighted by Crippen LogP contribution is 2.31. The predicted octanol–water partition coefficient (Wildman–Crippen LogP) is 1.74. The van der Waals surface area contributed by atoms with Crippen LogP contribution in [0, 0.1) is 15.9 Å². The van der Waals surface area contributed by atoms with Gasteiger partial charge < -0.3 is 14.6 Å². The molecule has 1 aromatic heterocycles. The molecule has 0 saturated carbocycles. The van der Waals surface area contributed by atoms with Crippen LogP contribution in [0.2, 0.25) is 0 Å². The molecule has 2 aromatic rings. The van der Waals surface area contributed by atoms with Crippen LogP contribution in [0.4, 0.5) is 15.8 Å². The molecular formula is C15H18FN5O3. The maximum absolute atomic E-state index is 14.3. The first-order chi connectivity index (χ1) is 11.5. The van der Waals surface area contributed by atoms with Crippen LogP contribution in [0.15, 0.2) is 18.2 Å². The molecule has 1 N–H and O–H groups in total. The molecule has 9 heteroatoms. The Balaban J connectivity index is 1.83. The van der Waals surface area contributed by atoms with Crippen LogP contribution in [0.25, 0.3) is 0 Å². The summed E-state index contributed by atoms with van der Waals surface area (Å²) in [6.45, 7) is 1.04. The third-order valence-electron chi connectivity index (χ3n) is 4.41. The molecule has 0 amide bonds. The van der Waals surface area contributed by atoms with Crippen LogP contribution >= 0.6 is 0 Å². The average Bonchev–Trinajstić information content (AvgIpc) is 2.95. The Labute approximate surface area is 137 Å². The summed E-state index contributed by atoms with van der Waals surface area (Å²) in [5.41, 5.74) is 0.0977. The second kappa shape index (κ2) is 6.52. The van der Waals surface area contributed by atoms with Crippen LogP contribution in [-0.4, -0.2) is 37.9 Å². The second-order valence-electron chi connectivity index (χ2n) is 5.87. The van der Waals surface area contributed by atoms with Crippen molar-refractivity contribution in [3.8, 4) is 0 Å². The molecule has 3 rings (SSSR count). The van der Waals surface area contributed by atoms with E-state index in [0.717, 1.165) is 24.7 Å². The van der Waals surface area contributed by atoms with Crippen LogP contribution < -0.4 is 4.90 Å². The summed E-state index contributed by atoms with van der Waals surface area (Å²) in [4.78, 5) is 12.0. The summed E-state index contributed by atoms with van der Waals surface area (Å²) in [7, 11) is 1.80. The van der Waals surface area contributed by atoms with Gasteiger partial charge in [-0.2, -0.15) is 0 Å². The molecule has 1 aliphatic heterocycles. The standard InChI is InChI=1S/C15H18FN5O3/c1-19-14(9-22)17-18-15(19)10-3-2-6-20(8-10)13-5-4-11(21(23)24)7-12(13)16/h4-5,7,10,22H,2-3,6,8-9H2,1H3. The number of nitrogens with zero attached hydrogens (tertiary/aromatic N) is 5. The van der Waals surface area contributed by atoms with E-state index in [-0.39, 0.29) is 18.2 Å². The Hall–Kier alpha value is -2.55. The van der Waals surface area contributed by atoms with Crippen LogP contribution in [0.5, 0.6) is 0 Å². The zero-order chi connectivity index (χ0) is 17.3. The van der Waals surface area contributed by atoms with Crippen molar-refractivity contribution in [3.05, 3.63) is 45.8 Å². The molecule has 1 fully saturated rings. The Bertz CT molecular complexity index is 764. The third-order valence-corrected chi connectivity index (χ3v) is 4.41. The lowest BCUT2D eigenvalue weighted by Gasteiger charge is -2.34. The Morgan fingerprint density at radius 2 is 2.25 bits per heavy atom. The molecular weight excluding hydrogens is 317 g/mol. The number of aliphatic hydroxyl groups is 1. The highest BCUT2D eigenvalue weighted by molar-refractivity contribution is 5.53. The zero-order valence-corrected chi connectivity index (χ0v) is 13.2. The smallest absolute Gasteiger partial charge is 0.272 e. The van der Waals surface area contributed by atoms with Crippen LogP contribution in [-0.2, 0) is 13.7 Å². The van der Waals surface area contributed by atoms with E-state index in [4.69, 9.17) is 0 Å². The van der Waals surface area contributed by atoms with Crippen LogP contribution in [0.1, 0.15) is 30.4 Å². The minimum absolute atomic E-state index is 0.0612. The minimum Gasteiger partial charge on any atom is -0.388 e. The molecule has 2 heterocycles. The molecule has 0 aliphatic carbocycles. The first kappa shape index (κ1) is 16.3. The summed E-state index contributed by atoms with van der Waals surface area (Å²) >= 11 is 0. The monoisotopic (exact) mass is 335 g/mol. The highest BCUT2D eigenvalue weighted by Gasteiger charge is 2.27. The van der Waals surface area contributed by atoms with E-state index in [1.807, 2.05) is 4.90 Å². The van der Waals surface area contributed by atoms with Crippen LogP contribution in [0.3, 0.4) is 0 Å². The number of non-ortho nitro benzene ring substituents is 1. The van der Waals surface area contributed by atoms with Crippen molar-refractivity contribution in [1.82, 2.24) is 14.8 Å². The van der Waals surface area contributed by atoms with Gasteiger partial charge in [-0.1, -0.05) is 0 Å². The van der Waals surface area contributed by atoms with Crippen molar-refractivity contribution in [1.29, 1.82) is 0 Å².